The van der Waals surface area contributed by atoms with Crippen molar-refractivity contribution >= 4 is 11.8 Å². The maximum Gasteiger partial charge on any atom is 0.259 e. The van der Waals surface area contributed by atoms with Gasteiger partial charge in [-0.1, -0.05) is 32.4 Å². The van der Waals surface area contributed by atoms with Crippen molar-refractivity contribution in [2.45, 2.75) is 70.7 Å². The van der Waals surface area contributed by atoms with E-state index in [1.54, 1.807) is 12.1 Å². The number of amides is 2. The van der Waals surface area contributed by atoms with Gasteiger partial charge in [-0.3, -0.25) is 14.5 Å². The molecule has 0 radical (unpaired) electrons. The van der Waals surface area contributed by atoms with Crippen molar-refractivity contribution in [1.29, 1.82) is 0 Å². The molecule has 27 heavy (non-hydrogen) atoms. The number of nitrogens with one attached hydrogen (secondary N) is 1. The number of nitrogens with zero attached hydrogens (tertiary/aromatic N) is 1. The van der Waals surface area contributed by atoms with Gasteiger partial charge >= 0.3 is 0 Å². The summed E-state index contributed by atoms with van der Waals surface area (Å²) in [5, 5.41) is 2.95. The van der Waals surface area contributed by atoms with E-state index in [2.05, 4.69) is 12.2 Å². The second-order valence-corrected chi connectivity index (χ2v) is 7.95. The number of hydrogen-bond acceptors (Lipinski definition) is 3. The number of halogens is 1. The van der Waals surface area contributed by atoms with Crippen LogP contribution >= 0.6 is 0 Å². The number of carbonyl (C=O) groups excluding carboxylic acids is 2. The fourth-order valence-corrected chi connectivity index (χ4v) is 4.21. The topological polar surface area (TPSA) is 58.6 Å². The van der Waals surface area contributed by atoms with Gasteiger partial charge in [0.2, 0.25) is 5.91 Å². The third-order valence-corrected chi connectivity index (χ3v) is 5.82. The third kappa shape index (κ3) is 3.86. The molecule has 1 heterocycles. The Labute approximate surface area is 160 Å². The summed E-state index contributed by atoms with van der Waals surface area (Å²) >= 11 is 0. The molecule has 148 valence electrons. The van der Waals surface area contributed by atoms with Crippen LogP contribution in [-0.2, 0) is 9.53 Å². The molecule has 1 aliphatic heterocycles. The molecule has 4 atom stereocenters. The van der Waals surface area contributed by atoms with Gasteiger partial charge in [-0.25, -0.2) is 4.39 Å². The highest BCUT2D eigenvalue weighted by Gasteiger charge is 2.54. The number of ether oxygens (including phenoxy) is 1. The molecule has 1 N–H and O–H groups in total. The fourth-order valence-electron chi connectivity index (χ4n) is 4.21. The van der Waals surface area contributed by atoms with Gasteiger partial charge in [-0.05, 0) is 50.7 Å². The van der Waals surface area contributed by atoms with Crippen LogP contribution in [0.5, 0.6) is 0 Å². The van der Waals surface area contributed by atoms with E-state index in [-0.39, 0.29) is 24.1 Å². The first-order chi connectivity index (χ1) is 12.9. The molecule has 0 unspecified atom stereocenters. The molecular formula is C21H29FN2O3. The molecular weight excluding hydrogens is 347 g/mol. The smallest absolute Gasteiger partial charge is 0.259 e. The second kappa shape index (κ2) is 7.97. The highest BCUT2D eigenvalue weighted by atomic mass is 19.1. The Balaban J connectivity index is 1.96. The first-order valence-electron chi connectivity index (χ1n) is 9.90. The number of rotatable bonds is 4. The zero-order valence-corrected chi connectivity index (χ0v) is 16.3. The van der Waals surface area contributed by atoms with E-state index in [4.69, 9.17) is 4.74 Å². The van der Waals surface area contributed by atoms with E-state index in [0.717, 1.165) is 19.3 Å². The summed E-state index contributed by atoms with van der Waals surface area (Å²) in [7, 11) is 0. The molecule has 0 aromatic heterocycles. The molecule has 6 heteroatoms. The SMILES string of the molecule is CC[C@@H](C)NC(=O)[C@H]1CO[C@]2(CCC[C@H](C)C2)N1C(=O)c1ccccc1F. The van der Waals surface area contributed by atoms with Gasteiger partial charge in [-0.15, -0.1) is 0 Å². The van der Waals surface area contributed by atoms with E-state index >= 15 is 0 Å². The van der Waals surface area contributed by atoms with E-state index in [1.165, 1.54) is 17.0 Å². The van der Waals surface area contributed by atoms with Crippen LogP contribution in [0, 0.1) is 11.7 Å². The van der Waals surface area contributed by atoms with Crippen molar-refractivity contribution in [3.63, 3.8) is 0 Å². The molecule has 2 amide bonds. The molecule has 1 aliphatic carbocycles. The van der Waals surface area contributed by atoms with Gasteiger partial charge < -0.3 is 10.1 Å². The van der Waals surface area contributed by atoms with Gasteiger partial charge in [-0.2, -0.15) is 0 Å². The van der Waals surface area contributed by atoms with Gasteiger partial charge in [0, 0.05) is 6.04 Å². The molecule has 1 saturated heterocycles. The summed E-state index contributed by atoms with van der Waals surface area (Å²) in [5.41, 5.74) is -0.837. The largest absolute Gasteiger partial charge is 0.353 e. The van der Waals surface area contributed by atoms with Crippen molar-refractivity contribution in [2.75, 3.05) is 6.61 Å². The molecule has 1 spiro atoms. The quantitative estimate of drug-likeness (QED) is 0.875. The minimum absolute atomic E-state index is 0.00439. The normalized spacial score (nSPS) is 29.0. The van der Waals surface area contributed by atoms with Crippen LogP contribution in [-0.4, -0.2) is 41.1 Å². The van der Waals surface area contributed by atoms with Gasteiger partial charge in [0.1, 0.15) is 17.6 Å². The Morgan fingerprint density at radius 2 is 2.15 bits per heavy atom. The Bertz CT molecular complexity index is 710. The van der Waals surface area contributed by atoms with Gasteiger partial charge in [0.15, 0.2) is 0 Å². The summed E-state index contributed by atoms with van der Waals surface area (Å²) in [6, 6.07) is 5.20. The average molecular weight is 376 g/mol. The lowest BCUT2D eigenvalue weighted by Gasteiger charge is -2.43. The van der Waals surface area contributed by atoms with Crippen molar-refractivity contribution < 1.29 is 18.7 Å². The summed E-state index contributed by atoms with van der Waals surface area (Å²) in [6.07, 6.45) is 4.12. The molecule has 3 rings (SSSR count). The summed E-state index contributed by atoms with van der Waals surface area (Å²) < 4.78 is 20.4. The molecule has 2 aliphatic rings. The summed E-state index contributed by atoms with van der Waals surface area (Å²) in [6.45, 7) is 6.19. The molecule has 1 aromatic rings. The Morgan fingerprint density at radius 1 is 1.41 bits per heavy atom. The van der Waals surface area contributed by atoms with E-state index < -0.39 is 23.5 Å². The molecule has 5 nitrogen and oxygen atoms in total. The van der Waals surface area contributed by atoms with Crippen LogP contribution < -0.4 is 5.32 Å². The van der Waals surface area contributed by atoms with Gasteiger partial charge in [0.25, 0.3) is 5.91 Å². The lowest BCUT2D eigenvalue weighted by atomic mass is 9.83. The Hall–Kier alpha value is -1.95. The molecule has 2 fully saturated rings. The van der Waals surface area contributed by atoms with Crippen molar-refractivity contribution in [2.24, 2.45) is 5.92 Å². The van der Waals surface area contributed by atoms with Gasteiger partial charge in [0.05, 0.1) is 12.2 Å². The summed E-state index contributed by atoms with van der Waals surface area (Å²) in [5.74, 6) is -0.895. The molecule has 1 saturated carbocycles. The predicted molar refractivity (Wildman–Crippen MR) is 101 cm³/mol. The van der Waals surface area contributed by atoms with Crippen molar-refractivity contribution in [3.05, 3.63) is 35.6 Å². The van der Waals surface area contributed by atoms with Crippen LogP contribution in [0.2, 0.25) is 0 Å². The van der Waals surface area contributed by atoms with Crippen molar-refractivity contribution in [1.82, 2.24) is 10.2 Å². The Morgan fingerprint density at radius 3 is 2.81 bits per heavy atom. The highest BCUT2D eigenvalue weighted by molar-refractivity contribution is 5.98. The van der Waals surface area contributed by atoms with E-state index in [0.29, 0.717) is 18.8 Å². The van der Waals surface area contributed by atoms with E-state index in [9.17, 15) is 14.0 Å². The van der Waals surface area contributed by atoms with Crippen LogP contribution in [0.25, 0.3) is 0 Å². The monoisotopic (exact) mass is 376 g/mol. The van der Waals surface area contributed by atoms with Crippen LogP contribution in [0.1, 0.15) is 63.2 Å². The Kier molecular flexibility index (Phi) is 5.84. The van der Waals surface area contributed by atoms with Crippen LogP contribution in [0.4, 0.5) is 4.39 Å². The fraction of sp³-hybridized carbons (Fsp3) is 0.619. The number of benzene rings is 1. The lowest BCUT2D eigenvalue weighted by Crippen LogP contribution is -2.57. The third-order valence-electron chi connectivity index (χ3n) is 5.82. The first kappa shape index (κ1) is 19.8. The minimum Gasteiger partial charge on any atom is -0.353 e. The summed E-state index contributed by atoms with van der Waals surface area (Å²) in [4.78, 5) is 27.7. The van der Waals surface area contributed by atoms with E-state index in [1.807, 2.05) is 13.8 Å². The average Bonchev–Trinajstić information content (AvgIpc) is 2.99. The molecule has 0 bridgehead atoms. The number of hydrogen-bond donors (Lipinski definition) is 1. The van der Waals surface area contributed by atoms with Crippen LogP contribution in [0.3, 0.4) is 0 Å². The second-order valence-electron chi connectivity index (χ2n) is 7.95. The maximum absolute atomic E-state index is 14.3. The zero-order valence-electron chi connectivity index (χ0n) is 16.3. The molecule has 1 aromatic carbocycles. The highest BCUT2D eigenvalue weighted by Crippen LogP contribution is 2.43. The van der Waals surface area contributed by atoms with Crippen molar-refractivity contribution in [3.8, 4) is 0 Å². The number of carbonyl (C=O) groups is 2. The standard InChI is InChI=1S/C21H29FN2O3/c1-4-15(3)23-19(25)18-13-27-21(11-7-8-14(2)12-21)24(18)20(26)16-9-5-6-10-17(16)22/h5-6,9-10,14-15,18H,4,7-8,11-13H2,1-3H3,(H,23,25)/t14-,15+,18+,21-/m0/s1. The maximum atomic E-state index is 14.3. The van der Waals surface area contributed by atoms with Crippen LogP contribution in [0.15, 0.2) is 24.3 Å². The zero-order chi connectivity index (χ0) is 19.6. The predicted octanol–water partition coefficient (Wildman–Crippen LogP) is 3.49. The first-order valence-corrected chi connectivity index (χ1v) is 9.90. The lowest BCUT2D eigenvalue weighted by molar-refractivity contribution is -0.129. The minimum atomic E-state index is -0.825.